The van der Waals surface area contributed by atoms with Crippen LogP contribution in [0.15, 0.2) is 18.2 Å². The number of hydrogen-bond donors (Lipinski definition) is 3. The second-order valence-corrected chi connectivity index (χ2v) is 5.45. The van der Waals surface area contributed by atoms with E-state index in [1.165, 1.54) is 9.44 Å². The molecule has 0 radical (unpaired) electrons. The van der Waals surface area contributed by atoms with Crippen molar-refractivity contribution in [1.82, 2.24) is 9.44 Å². The fourth-order valence-corrected chi connectivity index (χ4v) is 2.06. The Morgan fingerprint density at radius 3 is 2.38 bits per heavy atom. The minimum Gasteiger partial charge on any atom is -0.480 e. The van der Waals surface area contributed by atoms with Crippen LogP contribution in [0.25, 0.3) is 0 Å². The van der Waals surface area contributed by atoms with E-state index in [-0.39, 0.29) is 6.07 Å². The predicted octanol–water partition coefficient (Wildman–Crippen LogP) is 0.565. The van der Waals surface area contributed by atoms with E-state index in [0.29, 0.717) is 12.1 Å². The smallest absolute Gasteiger partial charge is 0.318 e. The van der Waals surface area contributed by atoms with Crippen LogP contribution in [-0.4, -0.2) is 32.6 Å². The molecule has 0 aromatic heterocycles. The van der Waals surface area contributed by atoms with E-state index in [4.69, 9.17) is 5.11 Å². The highest BCUT2D eigenvalue weighted by Gasteiger charge is 2.36. The topological polar surface area (TPSA) is 95.5 Å². The maximum absolute atomic E-state index is 13.6. The Balaban J connectivity index is 2.79. The fraction of sp³-hybridized carbons (Fsp3) is 0.300. The first-order valence-electron chi connectivity index (χ1n) is 5.33. The van der Waals surface area contributed by atoms with Crippen LogP contribution in [0.5, 0.6) is 0 Å². The summed E-state index contributed by atoms with van der Waals surface area (Å²) in [5.41, 5.74) is -1.19. The van der Waals surface area contributed by atoms with Gasteiger partial charge in [-0.1, -0.05) is 0 Å². The number of carbonyl (C=O) groups is 1. The molecular formula is C10H10F4N2O4S. The molecule has 0 unspecified atom stereocenters. The van der Waals surface area contributed by atoms with E-state index in [1.807, 2.05) is 0 Å². The molecule has 6 nitrogen and oxygen atoms in total. The highest BCUT2D eigenvalue weighted by molar-refractivity contribution is 7.87. The molecule has 0 heterocycles. The van der Waals surface area contributed by atoms with E-state index in [9.17, 15) is 30.8 Å². The molecule has 0 atom stereocenters. The first-order chi connectivity index (χ1) is 9.53. The summed E-state index contributed by atoms with van der Waals surface area (Å²) in [4.78, 5) is 10.2. The Morgan fingerprint density at radius 2 is 1.86 bits per heavy atom. The molecule has 1 aromatic rings. The molecule has 21 heavy (non-hydrogen) atoms. The molecule has 0 spiro atoms. The summed E-state index contributed by atoms with van der Waals surface area (Å²) in [5.74, 6) is -8.05. The number of alkyl halides is 2. The van der Waals surface area contributed by atoms with Crippen molar-refractivity contribution >= 4 is 16.2 Å². The summed E-state index contributed by atoms with van der Waals surface area (Å²) in [6, 6.07) is 1.33. The molecule has 3 N–H and O–H groups in total. The zero-order chi connectivity index (χ0) is 16.3. The van der Waals surface area contributed by atoms with E-state index in [2.05, 4.69) is 0 Å². The third-order valence-electron chi connectivity index (χ3n) is 2.22. The largest absolute Gasteiger partial charge is 0.480 e. The summed E-state index contributed by atoms with van der Waals surface area (Å²) >= 11 is 0. The molecule has 11 heteroatoms. The molecule has 0 aliphatic carbocycles. The zero-order valence-corrected chi connectivity index (χ0v) is 11.1. The molecule has 1 aromatic carbocycles. The van der Waals surface area contributed by atoms with Crippen molar-refractivity contribution in [3.05, 3.63) is 35.4 Å². The molecule has 0 saturated carbocycles. The standard InChI is InChI=1S/C10H10F4N2O4S/c11-6-1-2-7(8(12)3-6)10(13,14)5-16-21(19,20)15-4-9(17)18/h1-3,15-16H,4-5H2,(H,17,18). The maximum atomic E-state index is 13.6. The average Bonchev–Trinajstić information content (AvgIpc) is 2.34. The van der Waals surface area contributed by atoms with Crippen molar-refractivity contribution in [3.63, 3.8) is 0 Å². The lowest BCUT2D eigenvalue weighted by Gasteiger charge is -2.18. The van der Waals surface area contributed by atoms with Crippen molar-refractivity contribution in [2.75, 3.05) is 13.1 Å². The van der Waals surface area contributed by atoms with Gasteiger partial charge >= 0.3 is 5.97 Å². The summed E-state index contributed by atoms with van der Waals surface area (Å²) < 4.78 is 78.4. The van der Waals surface area contributed by atoms with Crippen molar-refractivity contribution in [2.24, 2.45) is 0 Å². The predicted molar refractivity (Wildman–Crippen MR) is 62.8 cm³/mol. The lowest BCUT2D eigenvalue weighted by Crippen LogP contribution is -2.43. The van der Waals surface area contributed by atoms with E-state index in [0.717, 1.165) is 0 Å². The van der Waals surface area contributed by atoms with E-state index >= 15 is 0 Å². The summed E-state index contributed by atoms with van der Waals surface area (Å²) in [6.45, 7) is -2.53. The van der Waals surface area contributed by atoms with Crippen LogP contribution in [0, 0.1) is 11.6 Å². The average molecular weight is 330 g/mol. The summed E-state index contributed by atoms with van der Waals surface area (Å²) in [5, 5.41) is 8.26. The Hall–Kier alpha value is -1.72. The molecule has 0 bridgehead atoms. The molecule has 0 aliphatic heterocycles. The van der Waals surface area contributed by atoms with Gasteiger partial charge in [-0.05, 0) is 12.1 Å². The maximum Gasteiger partial charge on any atom is 0.318 e. The number of aliphatic carboxylic acids is 1. The Bertz CT molecular complexity index is 636. The minimum absolute atomic E-state index is 0.237. The van der Waals surface area contributed by atoms with Gasteiger partial charge in [0.2, 0.25) is 0 Å². The van der Waals surface area contributed by atoms with Crippen molar-refractivity contribution in [2.45, 2.75) is 5.92 Å². The number of carboxylic acid groups (broad SMARTS) is 1. The number of rotatable bonds is 7. The second-order valence-electron chi connectivity index (χ2n) is 3.87. The van der Waals surface area contributed by atoms with Crippen LogP contribution in [0.4, 0.5) is 17.6 Å². The van der Waals surface area contributed by atoms with Gasteiger partial charge in [0.25, 0.3) is 16.1 Å². The molecule has 0 saturated heterocycles. The third kappa shape index (κ3) is 5.28. The number of hydrogen-bond acceptors (Lipinski definition) is 3. The fourth-order valence-electron chi connectivity index (χ4n) is 1.27. The number of carboxylic acids is 1. The van der Waals surface area contributed by atoms with Crippen molar-refractivity contribution in [3.8, 4) is 0 Å². The molecule has 1 rings (SSSR count). The first kappa shape index (κ1) is 17.3. The molecular weight excluding hydrogens is 320 g/mol. The first-order valence-corrected chi connectivity index (χ1v) is 6.81. The molecule has 0 fully saturated rings. The SMILES string of the molecule is O=C(O)CNS(=O)(=O)NCC(F)(F)c1ccc(F)cc1F. The van der Waals surface area contributed by atoms with Gasteiger partial charge in [-0.3, -0.25) is 4.79 Å². The van der Waals surface area contributed by atoms with Gasteiger partial charge in [-0.15, -0.1) is 0 Å². The summed E-state index contributed by atoms with van der Waals surface area (Å²) in [6.07, 6.45) is 0. The van der Waals surface area contributed by atoms with Crippen molar-refractivity contribution in [1.29, 1.82) is 0 Å². The van der Waals surface area contributed by atoms with Crippen LogP contribution in [0.2, 0.25) is 0 Å². The number of nitrogens with one attached hydrogen (secondary N) is 2. The number of benzene rings is 1. The minimum atomic E-state index is -4.50. The second kappa shape index (κ2) is 6.37. The highest BCUT2D eigenvalue weighted by Crippen LogP contribution is 2.29. The van der Waals surface area contributed by atoms with Gasteiger partial charge in [-0.2, -0.15) is 26.6 Å². The Kier molecular flexibility index (Phi) is 5.25. The Labute approximate surface area is 117 Å². The van der Waals surface area contributed by atoms with Crippen LogP contribution in [0.3, 0.4) is 0 Å². The van der Waals surface area contributed by atoms with Crippen LogP contribution < -0.4 is 9.44 Å². The van der Waals surface area contributed by atoms with E-state index in [1.54, 1.807) is 0 Å². The highest BCUT2D eigenvalue weighted by atomic mass is 32.2. The van der Waals surface area contributed by atoms with E-state index < -0.39 is 52.4 Å². The van der Waals surface area contributed by atoms with Gasteiger partial charge in [0, 0.05) is 6.07 Å². The van der Waals surface area contributed by atoms with Crippen molar-refractivity contribution < 1.29 is 35.9 Å². The lowest BCUT2D eigenvalue weighted by atomic mass is 10.1. The van der Waals surface area contributed by atoms with Gasteiger partial charge in [0.05, 0.1) is 12.1 Å². The number of halogens is 4. The van der Waals surface area contributed by atoms with Gasteiger partial charge < -0.3 is 5.11 Å². The van der Waals surface area contributed by atoms with Crippen LogP contribution in [-0.2, 0) is 20.9 Å². The van der Waals surface area contributed by atoms with Gasteiger partial charge in [0.1, 0.15) is 18.2 Å². The lowest BCUT2D eigenvalue weighted by molar-refractivity contribution is -0.135. The summed E-state index contributed by atoms with van der Waals surface area (Å²) in [7, 11) is -4.50. The van der Waals surface area contributed by atoms with Gasteiger partial charge in [-0.25, -0.2) is 8.78 Å². The molecule has 118 valence electrons. The quantitative estimate of drug-likeness (QED) is 0.637. The Morgan fingerprint density at radius 1 is 1.24 bits per heavy atom. The van der Waals surface area contributed by atoms with Crippen LogP contribution >= 0.6 is 0 Å². The molecule has 0 amide bonds. The van der Waals surface area contributed by atoms with Gasteiger partial charge in [0.15, 0.2) is 0 Å². The monoisotopic (exact) mass is 330 g/mol. The van der Waals surface area contributed by atoms with Crippen LogP contribution in [0.1, 0.15) is 5.56 Å². The normalized spacial score (nSPS) is 12.4. The molecule has 0 aliphatic rings. The third-order valence-corrected chi connectivity index (χ3v) is 3.27. The zero-order valence-electron chi connectivity index (χ0n) is 10.2.